The molecule has 0 saturated heterocycles. The van der Waals surface area contributed by atoms with Crippen molar-refractivity contribution in [2.75, 3.05) is 0 Å². The third kappa shape index (κ3) is 3.44. The van der Waals surface area contributed by atoms with E-state index in [0.29, 0.717) is 0 Å². The number of nitrogens with one attached hydrogen (secondary N) is 1. The molecule has 2 amide bonds. The van der Waals surface area contributed by atoms with Crippen LogP contribution in [0.1, 0.15) is 13.8 Å². The Morgan fingerprint density at radius 1 is 1.45 bits per heavy atom. The Balaban J connectivity index is 4.12. The van der Waals surface area contributed by atoms with Crippen molar-refractivity contribution in [2.45, 2.75) is 19.9 Å². The summed E-state index contributed by atoms with van der Waals surface area (Å²) in [7, 11) is 0. The fraction of sp³-hybridized carbons (Fsp3) is 0.667. The van der Waals surface area contributed by atoms with Crippen LogP contribution >= 0.6 is 0 Å². The van der Waals surface area contributed by atoms with Gasteiger partial charge in [0.25, 0.3) is 0 Å². The van der Waals surface area contributed by atoms with Crippen molar-refractivity contribution >= 4 is 12.0 Å². The molecule has 0 unspecified atom stereocenters. The molecule has 0 aromatic carbocycles. The molecule has 0 aromatic rings. The Hall–Kier alpha value is -1.26. The molecular formula is C6H12N2O3. The lowest BCUT2D eigenvalue weighted by Gasteiger charge is -2.16. The van der Waals surface area contributed by atoms with Crippen molar-refractivity contribution in [3.8, 4) is 0 Å². The maximum Gasteiger partial charge on any atom is 0.405 e. The van der Waals surface area contributed by atoms with Crippen LogP contribution in [0.5, 0.6) is 0 Å². The summed E-state index contributed by atoms with van der Waals surface area (Å²) in [5.41, 5.74) is 4.92. The Labute approximate surface area is 64.6 Å². The van der Waals surface area contributed by atoms with E-state index in [0.717, 1.165) is 0 Å². The summed E-state index contributed by atoms with van der Waals surface area (Å²) < 4.78 is 0. The first kappa shape index (κ1) is 9.74. The average Bonchev–Trinajstić information content (AvgIpc) is 1.81. The van der Waals surface area contributed by atoms with Crippen molar-refractivity contribution < 1.29 is 14.7 Å². The van der Waals surface area contributed by atoms with Gasteiger partial charge in [0.05, 0.1) is 0 Å². The van der Waals surface area contributed by atoms with Gasteiger partial charge in [-0.1, -0.05) is 13.8 Å². The van der Waals surface area contributed by atoms with Gasteiger partial charge in [0.1, 0.15) is 6.04 Å². The molecule has 4 N–H and O–H groups in total. The highest BCUT2D eigenvalue weighted by Crippen LogP contribution is 1.99. The summed E-state index contributed by atoms with van der Waals surface area (Å²) >= 11 is 0. The normalized spacial score (nSPS) is 12.6. The predicted octanol–water partition coefficient (Wildman–Crippen LogP) is -0.236. The van der Waals surface area contributed by atoms with E-state index >= 15 is 0 Å². The van der Waals surface area contributed by atoms with Crippen LogP contribution in [0, 0.1) is 5.92 Å². The lowest BCUT2D eigenvalue weighted by atomic mass is 10.0. The van der Waals surface area contributed by atoms with Crippen LogP contribution in [0.25, 0.3) is 0 Å². The van der Waals surface area contributed by atoms with Gasteiger partial charge >= 0.3 is 6.09 Å². The zero-order valence-electron chi connectivity index (χ0n) is 6.50. The number of hydrogen-bond donors (Lipinski definition) is 3. The van der Waals surface area contributed by atoms with Gasteiger partial charge in [-0.05, 0) is 5.92 Å². The molecule has 11 heavy (non-hydrogen) atoms. The van der Waals surface area contributed by atoms with E-state index in [1.807, 2.05) is 5.32 Å². The quantitative estimate of drug-likeness (QED) is 0.532. The maximum atomic E-state index is 10.6. The van der Waals surface area contributed by atoms with Crippen LogP contribution in [0.4, 0.5) is 4.79 Å². The van der Waals surface area contributed by atoms with Gasteiger partial charge in [0.15, 0.2) is 0 Å². The molecule has 0 bridgehead atoms. The van der Waals surface area contributed by atoms with Crippen molar-refractivity contribution in [1.29, 1.82) is 0 Å². The largest absolute Gasteiger partial charge is 0.465 e. The molecule has 0 aromatic heterocycles. The van der Waals surface area contributed by atoms with Gasteiger partial charge in [0.2, 0.25) is 5.91 Å². The van der Waals surface area contributed by atoms with E-state index in [1.165, 1.54) is 0 Å². The first-order valence-electron chi connectivity index (χ1n) is 3.24. The second-order valence-electron chi connectivity index (χ2n) is 2.57. The highest BCUT2D eigenvalue weighted by atomic mass is 16.4. The van der Waals surface area contributed by atoms with Crippen LogP contribution < -0.4 is 11.1 Å². The van der Waals surface area contributed by atoms with Crippen LogP contribution in [-0.2, 0) is 4.79 Å². The summed E-state index contributed by atoms with van der Waals surface area (Å²) in [5.74, 6) is -0.772. The van der Waals surface area contributed by atoms with Gasteiger partial charge in [-0.15, -0.1) is 0 Å². The minimum Gasteiger partial charge on any atom is -0.465 e. The number of rotatable bonds is 3. The van der Waals surface area contributed by atoms with Crippen LogP contribution in [0.15, 0.2) is 0 Å². The standard InChI is InChI=1S/C6H12N2O3/c1-3(2)4(5(7)9)8-6(10)11/h3-4,8H,1-2H3,(H2,7,9)(H,10,11)/t4-/m0/s1. The van der Waals surface area contributed by atoms with E-state index in [-0.39, 0.29) is 5.92 Å². The van der Waals surface area contributed by atoms with Crippen LogP contribution in [0.3, 0.4) is 0 Å². The van der Waals surface area contributed by atoms with E-state index in [4.69, 9.17) is 10.8 Å². The van der Waals surface area contributed by atoms with Gasteiger partial charge in [-0.25, -0.2) is 4.79 Å². The monoisotopic (exact) mass is 160 g/mol. The second kappa shape index (κ2) is 3.80. The molecule has 64 valence electrons. The number of carbonyl (C=O) groups is 2. The molecule has 1 atom stereocenters. The second-order valence-corrected chi connectivity index (χ2v) is 2.57. The number of primary amides is 1. The highest BCUT2D eigenvalue weighted by Gasteiger charge is 2.20. The molecule has 0 aliphatic heterocycles. The molecule has 0 aliphatic carbocycles. The lowest BCUT2D eigenvalue weighted by molar-refractivity contribution is -0.120. The summed E-state index contributed by atoms with van der Waals surface area (Å²) in [6, 6.07) is -0.799. The molecule has 0 heterocycles. The van der Waals surface area contributed by atoms with Crippen molar-refractivity contribution in [3.05, 3.63) is 0 Å². The molecular weight excluding hydrogens is 148 g/mol. The third-order valence-electron chi connectivity index (χ3n) is 1.25. The number of nitrogens with two attached hydrogens (primary N) is 1. The zero-order chi connectivity index (χ0) is 9.02. The fourth-order valence-corrected chi connectivity index (χ4v) is 0.699. The molecule has 5 heteroatoms. The average molecular weight is 160 g/mol. The number of hydrogen-bond acceptors (Lipinski definition) is 2. The Bertz CT molecular complexity index is 167. The predicted molar refractivity (Wildman–Crippen MR) is 39.0 cm³/mol. The molecule has 0 rings (SSSR count). The molecule has 0 spiro atoms. The van der Waals surface area contributed by atoms with Gasteiger partial charge in [-0.3, -0.25) is 4.79 Å². The number of carbonyl (C=O) groups excluding carboxylic acids is 1. The fourth-order valence-electron chi connectivity index (χ4n) is 0.699. The molecule has 0 saturated carbocycles. The van der Waals surface area contributed by atoms with E-state index in [1.54, 1.807) is 13.8 Å². The molecule has 0 radical (unpaired) electrons. The van der Waals surface area contributed by atoms with Crippen molar-refractivity contribution in [3.63, 3.8) is 0 Å². The Morgan fingerprint density at radius 3 is 2.00 bits per heavy atom. The Kier molecular flexibility index (Phi) is 3.36. The molecule has 0 fully saturated rings. The maximum absolute atomic E-state index is 10.6. The van der Waals surface area contributed by atoms with Gasteiger partial charge < -0.3 is 16.2 Å². The summed E-state index contributed by atoms with van der Waals surface area (Å²) in [5, 5.41) is 10.3. The van der Waals surface area contributed by atoms with Crippen molar-refractivity contribution in [1.82, 2.24) is 5.32 Å². The van der Waals surface area contributed by atoms with Crippen LogP contribution in [0.2, 0.25) is 0 Å². The summed E-state index contributed by atoms with van der Waals surface area (Å²) in [6.07, 6.45) is -1.23. The topological polar surface area (TPSA) is 92.4 Å². The molecule has 5 nitrogen and oxygen atoms in total. The van der Waals surface area contributed by atoms with Crippen molar-refractivity contribution in [2.24, 2.45) is 11.7 Å². The third-order valence-corrected chi connectivity index (χ3v) is 1.25. The highest BCUT2D eigenvalue weighted by molar-refractivity contribution is 5.83. The van der Waals surface area contributed by atoms with E-state index in [2.05, 4.69) is 0 Å². The minimum absolute atomic E-state index is 0.122. The van der Waals surface area contributed by atoms with Gasteiger partial charge in [0, 0.05) is 0 Å². The first-order valence-corrected chi connectivity index (χ1v) is 3.24. The smallest absolute Gasteiger partial charge is 0.405 e. The lowest BCUT2D eigenvalue weighted by Crippen LogP contribution is -2.47. The SMILES string of the molecule is CC(C)[C@H](NC(=O)O)C(N)=O. The summed E-state index contributed by atoms with van der Waals surface area (Å²) in [6.45, 7) is 3.43. The van der Waals surface area contributed by atoms with E-state index < -0.39 is 18.0 Å². The number of amides is 2. The molecule has 0 aliphatic rings. The van der Waals surface area contributed by atoms with Crippen LogP contribution in [-0.4, -0.2) is 23.1 Å². The summed E-state index contributed by atoms with van der Waals surface area (Å²) in [4.78, 5) is 20.7. The number of carboxylic acid groups (broad SMARTS) is 1. The first-order chi connectivity index (χ1) is 4.95. The van der Waals surface area contributed by atoms with E-state index in [9.17, 15) is 9.59 Å². The zero-order valence-corrected chi connectivity index (χ0v) is 6.50. The van der Waals surface area contributed by atoms with Gasteiger partial charge in [-0.2, -0.15) is 0 Å². The minimum atomic E-state index is -1.23. The Morgan fingerprint density at radius 2 is 1.91 bits per heavy atom.